The maximum atomic E-state index is 11.9. The summed E-state index contributed by atoms with van der Waals surface area (Å²) in [4.78, 5) is 47.8. The van der Waals surface area contributed by atoms with Gasteiger partial charge >= 0.3 is 5.97 Å². The van der Waals surface area contributed by atoms with Gasteiger partial charge in [-0.15, -0.1) is 22.7 Å². The van der Waals surface area contributed by atoms with E-state index < -0.39 is 30.4 Å². The Labute approximate surface area is 152 Å². The number of nitrogens with one attached hydrogen (secondary N) is 2. The maximum absolute atomic E-state index is 11.9. The standard InChI is InChI=1S/C16H16N2O5S2/c1-10(19)17-11(12-4-2-6-24-12)8-15(21)23-9-14(20)18-16(22)13-5-3-7-25-13/h2-7,11H,8-9H2,1H3,(H,17,19)(H,18,20,22). The summed E-state index contributed by atoms with van der Waals surface area (Å²) < 4.78 is 4.89. The zero-order valence-electron chi connectivity index (χ0n) is 13.3. The van der Waals surface area contributed by atoms with E-state index in [4.69, 9.17) is 4.74 Å². The molecular weight excluding hydrogens is 364 g/mol. The zero-order valence-corrected chi connectivity index (χ0v) is 14.9. The summed E-state index contributed by atoms with van der Waals surface area (Å²) in [6.07, 6.45) is -0.105. The molecule has 9 heteroatoms. The van der Waals surface area contributed by atoms with Crippen molar-refractivity contribution in [2.45, 2.75) is 19.4 Å². The summed E-state index contributed by atoms with van der Waals surface area (Å²) in [7, 11) is 0. The highest BCUT2D eigenvalue weighted by molar-refractivity contribution is 7.12. The van der Waals surface area contributed by atoms with E-state index in [1.165, 1.54) is 29.6 Å². The number of thiophene rings is 2. The van der Waals surface area contributed by atoms with Crippen molar-refractivity contribution < 1.29 is 23.9 Å². The first kappa shape index (κ1) is 18.8. The summed E-state index contributed by atoms with van der Waals surface area (Å²) in [5.41, 5.74) is 0. The van der Waals surface area contributed by atoms with Gasteiger partial charge in [0.05, 0.1) is 17.3 Å². The van der Waals surface area contributed by atoms with Crippen molar-refractivity contribution >= 4 is 46.4 Å². The lowest BCUT2D eigenvalue weighted by molar-refractivity contribution is -0.149. The Morgan fingerprint density at radius 2 is 1.84 bits per heavy atom. The molecule has 132 valence electrons. The minimum atomic E-state index is -0.709. The molecule has 2 N–H and O–H groups in total. The first-order valence-electron chi connectivity index (χ1n) is 7.29. The van der Waals surface area contributed by atoms with Crippen molar-refractivity contribution in [3.05, 3.63) is 44.8 Å². The van der Waals surface area contributed by atoms with E-state index in [0.717, 1.165) is 4.88 Å². The smallest absolute Gasteiger partial charge is 0.308 e. The fourth-order valence-electron chi connectivity index (χ4n) is 1.96. The summed E-state index contributed by atoms with van der Waals surface area (Å²) in [5.74, 6) is -2.17. The average Bonchev–Trinajstić information content (AvgIpc) is 3.24. The Morgan fingerprint density at radius 1 is 1.12 bits per heavy atom. The molecule has 0 aliphatic rings. The first-order valence-corrected chi connectivity index (χ1v) is 9.05. The van der Waals surface area contributed by atoms with Crippen LogP contribution in [0.3, 0.4) is 0 Å². The summed E-state index contributed by atoms with van der Waals surface area (Å²) in [6.45, 7) is 0.794. The van der Waals surface area contributed by atoms with Crippen LogP contribution in [0.5, 0.6) is 0 Å². The first-order chi connectivity index (χ1) is 12.0. The number of ether oxygens (including phenoxy) is 1. The Hall–Kier alpha value is -2.52. The van der Waals surface area contributed by atoms with Gasteiger partial charge in [0.15, 0.2) is 6.61 Å². The molecule has 2 heterocycles. The molecule has 0 saturated heterocycles. The molecule has 3 amide bonds. The van der Waals surface area contributed by atoms with Crippen LogP contribution in [-0.4, -0.2) is 30.3 Å². The summed E-state index contributed by atoms with van der Waals surface area (Å²) in [6, 6.07) is 6.37. The number of hydrogen-bond donors (Lipinski definition) is 2. The van der Waals surface area contributed by atoms with Crippen molar-refractivity contribution in [2.75, 3.05) is 6.61 Å². The highest BCUT2D eigenvalue weighted by atomic mass is 32.1. The van der Waals surface area contributed by atoms with Gasteiger partial charge in [0.2, 0.25) is 5.91 Å². The lowest BCUT2D eigenvalue weighted by Gasteiger charge is -2.15. The predicted molar refractivity (Wildman–Crippen MR) is 93.2 cm³/mol. The van der Waals surface area contributed by atoms with E-state index in [9.17, 15) is 19.2 Å². The van der Waals surface area contributed by atoms with Crippen molar-refractivity contribution in [2.24, 2.45) is 0 Å². The third-order valence-corrected chi connectivity index (χ3v) is 4.85. The van der Waals surface area contributed by atoms with Crippen LogP contribution in [0.15, 0.2) is 35.0 Å². The largest absolute Gasteiger partial charge is 0.455 e. The van der Waals surface area contributed by atoms with Gasteiger partial charge < -0.3 is 10.1 Å². The molecule has 0 aromatic carbocycles. The van der Waals surface area contributed by atoms with Crippen LogP contribution < -0.4 is 10.6 Å². The summed E-state index contributed by atoms with van der Waals surface area (Å²) in [5, 5.41) is 8.35. The maximum Gasteiger partial charge on any atom is 0.308 e. The number of hydrogen-bond acceptors (Lipinski definition) is 7. The lowest BCUT2D eigenvalue weighted by atomic mass is 10.1. The highest BCUT2D eigenvalue weighted by Crippen LogP contribution is 2.22. The Balaban J connectivity index is 1.81. The van der Waals surface area contributed by atoms with E-state index in [1.807, 2.05) is 11.4 Å². The Kier molecular flexibility index (Phi) is 6.84. The molecule has 0 aliphatic carbocycles. The average molecular weight is 380 g/mol. The van der Waals surface area contributed by atoms with Gasteiger partial charge in [-0.1, -0.05) is 12.1 Å². The molecule has 0 bridgehead atoms. The number of imide groups is 1. The van der Waals surface area contributed by atoms with Crippen LogP contribution in [-0.2, 0) is 19.1 Å². The SMILES string of the molecule is CC(=O)NC(CC(=O)OCC(=O)NC(=O)c1cccs1)c1cccs1. The van der Waals surface area contributed by atoms with Crippen LogP contribution in [0.2, 0.25) is 0 Å². The van der Waals surface area contributed by atoms with E-state index in [1.54, 1.807) is 23.6 Å². The molecule has 2 aromatic heterocycles. The summed E-state index contributed by atoms with van der Waals surface area (Å²) >= 11 is 2.60. The van der Waals surface area contributed by atoms with Crippen LogP contribution in [0.25, 0.3) is 0 Å². The van der Waals surface area contributed by atoms with E-state index in [-0.39, 0.29) is 12.3 Å². The minimum Gasteiger partial charge on any atom is -0.455 e. The van der Waals surface area contributed by atoms with Gasteiger partial charge in [-0.05, 0) is 22.9 Å². The second kappa shape index (κ2) is 9.09. The number of rotatable bonds is 7. The van der Waals surface area contributed by atoms with Crippen LogP contribution in [0.4, 0.5) is 0 Å². The normalized spacial score (nSPS) is 11.4. The van der Waals surface area contributed by atoms with Crippen molar-refractivity contribution in [1.29, 1.82) is 0 Å². The zero-order chi connectivity index (χ0) is 18.2. The number of amides is 3. The van der Waals surface area contributed by atoms with E-state index in [2.05, 4.69) is 10.6 Å². The highest BCUT2D eigenvalue weighted by Gasteiger charge is 2.20. The van der Waals surface area contributed by atoms with Gasteiger partial charge in [-0.3, -0.25) is 24.5 Å². The second-order valence-electron chi connectivity index (χ2n) is 4.99. The monoisotopic (exact) mass is 380 g/mol. The second-order valence-corrected chi connectivity index (χ2v) is 6.91. The number of esters is 1. The molecule has 1 atom stereocenters. The third kappa shape index (κ3) is 6.12. The molecule has 0 saturated carbocycles. The van der Waals surface area contributed by atoms with E-state index in [0.29, 0.717) is 4.88 Å². The van der Waals surface area contributed by atoms with Gasteiger partial charge in [-0.2, -0.15) is 0 Å². The fourth-order valence-corrected chi connectivity index (χ4v) is 3.36. The van der Waals surface area contributed by atoms with Crippen molar-refractivity contribution in [3.63, 3.8) is 0 Å². The van der Waals surface area contributed by atoms with Gasteiger partial charge in [0.1, 0.15) is 0 Å². The topological polar surface area (TPSA) is 102 Å². The van der Waals surface area contributed by atoms with Gasteiger partial charge in [0, 0.05) is 11.8 Å². The predicted octanol–water partition coefficient (Wildman–Crippen LogP) is 1.88. The molecule has 25 heavy (non-hydrogen) atoms. The molecule has 7 nitrogen and oxygen atoms in total. The minimum absolute atomic E-state index is 0.105. The molecule has 0 radical (unpaired) electrons. The van der Waals surface area contributed by atoms with Crippen LogP contribution in [0.1, 0.15) is 33.9 Å². The number of carbonyl (C=O) groups excluding carboxylic acids is 4. The molecular formula is C16H16N2O5S2. The van der Waals surface area contributed by atoms with Gasteiger partial charge in [-0.25, -0.2) is 0 Å². The van der Waals surface area contributed by atoms with E-state index >= 15 is 0 Å². The molecule has 0 spiro atoms. The Bertz CT molecular complexity index is 741. The van der Waals surface area contributed by atoms with Crippen molar-refractivity contribution in [3.8, 4) is 0 Å². The molecule has 1 unspecified atom stereocenters. The quantitative estimate of drug-likeness (QED) is 0.714. The molecule has 2 aromatic rings. The number of carbonyl (C=O) groups is 4. The molecule has 0 aliphatic heterocycles. The van der Waals surface area contributed by atoms with Crippen LogP contribution >= 0.6 is 22.7 Å². The third-order valence-electron chi connectivity index (χ3n) is 3.00. The lowest BCUT2D eigenvalue weighted by Crippen LogP contribution is -2.34. The molecule has 2 rings (SSSR count). The fraction of sp³-hybridized carbons (Fsp3) is 0.250. The van der Waals surface area contributed by atoms with Gasteiger partial charge in [0.25, 0.3) is 11.8 Å². The van der Waals surface area contributed by atoms with Crippen LogP contribution in [0, 0.1) is 0 Å². The Morgan fingerprint density at radius 3 is 2.44 bits per heavy atom. The van der Waals surface area contributed by atoms with Crippen molar-refractivity contribution in [1.82, 2.24) is 10.6 Å². The molecule has 0 fully saturated rings.